The Bertz CT molecular complexity index is 502. The zero-order valence-electron chi connectivity index (χ0n) is 11.9. The van der Waals surface area contributed by atoms with Gasteiger partial charge in [-0.05, 0) is 31.0 Å². The monoisotopic (exact) mass is 274 g/mol. The maximum absolute atomic E-state index is 4.57. The molecule has 1 N–H and O–H groups in total. The number of likely N-dealkylation sites (N-methyl/N-ethyl adjacent to an activating group) is 1. The minimum absolute atomic E-state index is 0.359. The Hall–Kier alpha value is -1.19. The molecule has 1 atom stereocenters. The van der Waals surface area contributed by atoms with Crippen LogP contribution in [-0.4, -0.2) is 11.5 Å². The molecule has 0 fully saturated rings. The van der Waals surface area contributed by atoms with Gasteiger partial charge < -0.3 is 5.32 Å². The molecule has 3 heteroatoms. The first-order valence-corrected chi connectivity index (χ1v) is 7.84. The Kier molecular flexibility index (Phi) is 5.11. The maximum atomic E-state index is 4.57. The van der Waals surface area contributed by atoms with Gasteiger partial charge in [-0.25, -0.2) is 4.98 Å². The zero-order valence-corrected chi connectivity index (χ0v) is 12.8. The van der Waals surface area contributed by atoms with Crippen LogP contribution in [0.4, 0.5) is 0 Å². The predicted octanol–water partition coefficient (Wildman–Crippen LogP) is 3.91. The van der Waals surface area contributed by atoms with Gasteiger partial charge in [-0.15, -0.1) is 11.3 Å². The molecular formula is C16H22N2S. The first-order valence-electron chi connectivity index (χ1n) is 6.96. The standard InChI is InChI=1S/C16H22N2S/c1-4-13-6-8-14(9-7-13)16(17-5-2)10-15-11-19-12(3)18-15/h6-9,11,16-17H,4-5,10H2,1-3H3. The second-order valence-corrected chi connectivity index (χ2v) is 5.83. The Morgan fingerprint density at radius 1 is 1.21 bits per heavy atom. The number of rotatable bonds is 6. The van der Waals surface area contributed by atoms with Crippen molar-refractivity contribution in [3.63, 3.8) is 0 Å². The molecule has 102 valence electrons. The maximum Gasteiger partial charge on any atom is 0.0897 e. The molecule has 0 saturated carbocycles. The van der Waals surface area contributed by atoms with Crippen molar-refractivity contribution >= 4 is 11.3 Å². The van der Waals surface area contributed by atoms with Gasteiger partial charge in [0.15, 0.2) is 0 Å². The zero-order chi connectivity index (χ0) is 13.7. The smallest absolute Gasteiger partial charge is 0.0897 e. The highest BCUT2D eigenvalue weighted by Crippen LogP contribution is 2.20. The average Bonchev–Trinajstić information content (AvgIpc) is 2.84. The fourth-order valence-corrected chi connectivity index (χ4v) is 2.88. The van der Waals surface area contributed by atoms with Crippen molar-refractivity contribution in [3.05, 3.63) is 51.5 Å². The third-order valence-corrected chi connectivity index (χ3v) is 4.14. The van der Waals surface area contributed by atoms with Gasteiger partial charge in [-0.1, -0.05) is 38.1 Å². The van der Waals surface area contributed by atoms with E-state index >= 15 is 0 Å². The Labute approximate surface area is 119 Å². The van der Waals surface area contributed by atoms with E-state index in [2.05, 4.69) is 60.7 Å². The summed E-state index contributed by atoms with van der Waals surface area (Å²) < 4.78 is 0. The van der Waals surface area contributed by atoms with E-state index in [1.54, 1.807) is 11.3 Å². The van der Waals surface area contributed by atoms with E-state index in [0.717, 1.165) is 24.4 Å². The lowest BCUT2D eigenvalue weighted by atomic mass is 10.0. The summed E-state index contributed by atoms with van der Waals surface area (Å²) in [6.45, 7) is 7.38. The summed E-state index contributed by atoms with van der Waals surface area (Å²) >= 11 is 1.73. The van der Waals surface area contributed by atoms with Crippen LogP contribution >= 0.6 is 11.3 Å². The molecule has 2 aromatic rings. The summed E-state index contributed by atoms with van der Waals surface area (Å²) in [5, 5.41) is 6.87. The number of nitrogens with one attached hydrogen (secondary N) is 1. The van der Waals surface area contributed by atoms with E-state index in [1.165, 1.54) is 16.8 Å². The minimum Gasteiger partial charge on any atom is -0.310 e. The molecule has 0 radical (unpaired) electrons. The van der Waals surface area contributed by atoms with Gasteiger partial charge in [0.2, 0.25) is 0 Å². The minimum atomic E-state index is 0.359. The van der Waals surface area contributed by atoms with Crippen molar-refractivity contribution in [2.45, 2.75) is 39.7 Å². The molecule has 1 heterocycles. The largest absolute Gasteiger partial charge is 0.310 e. The van der Waals surface area contributed by atoms with E-state index in [-0.39, 0.29) is 0 Å². The highest BCUT2D eigenvalue weighted by molar-refractivity contribution is 7.09. The van der Waals surface area contributed by atoms with E-state index in [0.29, 0.717) is 6.04 Å². The van der Waals surface area contributed by atoms with Gasteiger partial charge in [0.1, 0.15) is 0 Å². The van der Waals surface area contributed by atoms with Crippen LogP contribution in [0, 0.1) is 6.92 Å². The quantitative estimate of drug-likeness (QED) is 0.864. The van der Waals surface area contributed by atoms with Crippen LogP contribution in [0.5, 0.6) is 0 Å². The lowest BCUT2D eigenvalue weighted by molar-refractivity contribution is 0.545. The number of hydrogen-bond acceptors (Lipinski definition) is 3. The number of hydrogen-bond donors (Lipinski definition) is 1. The van der Waals surface area contributed by atoms with Crippen LogP contribution in [0.25, 0.3) is 0 Å². The molecule has 1 aromatic heterocycles. The fraction of sp³-hybridized carbons (Fsp3) is 0.438. The lowest BCUT2D eigenvalue weighted by Gasteiger charge is -2.17. The summed E-state index contributed by atoms with van der Waals surface area (Å²) in [5.41, 5.74) is 3.93. The normalized spacial score (nSPS) is 12.6. The number of thiazole rings is 1. The molecule has 1 unspecified atom stereocenters. The molecule has 0 aliphatic carbocycles. The van der Waals surface area contributed by atoms with Crippen LogP contribution in [0.1, 0.15) is 41.7 Å². The van der Waals surface area contributed by atoms with Gasteiger partial charge in [0.25, 0.3) is 0 Å². The summed E-state index contributed by atoms with van der Waals surface area (Å²) in [5.74, 6) is 0. The second kappa shape index (κ2) is 6.83. The van der Waals surface area contributed by atoms with Crippen LogP contribution < -0.4 is 5.32 Å². The van der Waals surface area contributed by atoms with Gasteiger partial charge in [-0.3, -0.25) is 0 Å². The van der Waals surface area contributed by atoms with Crippen molar-refractivity contribution in [2.24, 2.45) is 0 Å². The first-order chi connectivity index (χ1) is 9.22. The Balaban J connectivity index is 2.13. The molecule has 2 rings (SSSR count). The van der Waals surface area contributed by atoms with E-state index in [4.69, 9.17) is 0 Å². The fourth-order valence-electron chi connectivity index (χ4n) is 2.25. The second-order valence-electron chi connectivity index (χ2n) is 4.77. The predicted molar refractivity (Wildman–Crippen MR) is 82.8 cm³/mol. The molecule has 0 aliphatic heterocycles. The molecule has 1 aromatic carbocycles. The van der Waals surface area contributed by atoms with E-state index in [9.17, 15) is 0 Å². The van der Waals surface area contributed by atoms with Crippen molar-refractivity contribution in [1.29, 1.82) is 0 Å². The molecule has 0 saturated heterocycles. The van der Waals surface area contributed by atoms with E-state index in [1.807, 2.05) is 0 Å². The molecule has 0 spiro atoms. The van der Waals surface area contributed by atoms with Crippen LogP contribution in [-0.2, 0) is 12.8 Å². The number of benzene rings is 1. The molecule has 2 nitrogen and oxygen atoms in total. The van der Waals surface area contributed by atoms with Crippen LogP contribution in [0.15, 0.2) is 29.6 Å². The SMILES string of the molecule is CCNC(Cc1csc(C)n1)c1ccc(CC)cc1. The Morgan fingerprint density at radius 3 is 2.47 bits per heavy atom. The molecule has 19 heavy (non-hydrogen) atoms. The lowest BCUT2D eigenvalue weighted by Crippen LogP contribution is -2.23. The summed E-state index contributed by atoms with van der Waals surface area (Å²) in [6, 6.07) is 9.30. The third-order valence-electron chi connectivity index (χ3n) is 3.32. The van der Waals surface area contributed by atoms with Crippen molar-refractivity contribution < 1.29 is 0 Å². The summed E-state index contributed by atoms with van der Waals surface area (Å²) in [7, 11) is 0. The summed E-state index contributed by atoms with van der Waals surface area (Å²) in [6.07, 6.45) is 2.06. The van der Waals surface area contributed by atoms with Crippen molar-refractivity contribution in [2.75, 3.05) is 6.54 Å². The van der Waals surface area contributed by atoms with Crippen LogP contribution in [0.3, 0.4) is 0 Å². The highest BCUT2D eigenvalue weighted by atomic mass is 32.1. The number of aromatic nitrogens is 1. The van der Waals surface area contributed by atoms with Gasteiger partial charge >= 0.3 is 0 Å². The highest BCUT2D eigenvalue weighted by Gasteiger charge is 2.12. The molecule has 0 bridgehead atoms. The molecule has 0 amide bonds. The van der Waals surface area contributed by atoms with Crippen molar-refractivity contribution in [1.82, 2.24) is 10.3 Å². The molecule has 0 aliphatic rings. The van der Waals surface area contributed by atoms with E-state index < -0.39 is 0 Å². The first kappa shape index (κ1) is 14.2. The van der Waals surface area contributed by atoms with Crippen molar-refractivity contribution in [3.8, 4) is 0 Å². The topological polar surface area (TPSA) is 24.9 Å². The third kappa shape index (κ3) is 3.88. The Morgan fingerprint density at radius 2 is 1.95 bits per heavy atom. The van der Waals surface area contributed by atoms with Gasteiger partial charge in [0, 0.05) is 17.8 Å². The van der Waals surface area contributed by atoms with Gasteiger partial charge in [0.05, 0.1) is 10.7 Å². The van der Waals surface area contributed by atoms with Crippen LogP contribution in [0.2, 0.25) is 0 Å². The van der Waals surface area contributed by atoms with Gasteiger partial charge in [-0.2, -0.15) is 0 Å². The number of aryl methyl sites for hydroxylation is 2. The number of nitrogens with zero attached hydrogens (tertiary/aromatic N) is 1. The average molecular weight is 274 g/mol. The molecular weight excluding hydrogens is 252 g/mol. The summed E-state index contributed by atoms with van der Waals surface area (Å²) in [4.78, 5) is 4.57.